The number of rotatable bonds is 3. The van der Waals surface area contributed by atoms with Gasteiger partial charge in [0.2, 0.25) is 0 Å². The molecule has 1 saturated heterocycles. The highest BCUT2D eigenvalue weighted by atomic mass is 32.1. The van der Waals surface area contributed by atoms with E-state index in [0.717, 1.165) is 29.8 Å². The minimum atomic E-state index is -0.162. The smallest absolute Gasteiger partial charge is 0.270 e. The fraction of sp³-hybridized carbons (Fsp3) is 0.278. The van der Waals surface area contributed by atoms with Gasteiger partial charge >= 0.3 is 0 Å². The highest BCUT2D eigenvalue weighted by Crippen LogP contribution is 2.17. The van der Waals surface area contributed by atoms with Gasteiger partial charge in [-0.05, 0) is 42.5 Å². The molecule has 128 valence electrons. The quantitative estimate of drug-likeness (QED) is 0.785. The largest absolute Gasteiger partial charge is 0.346 e. The van der Waals surface area contributed by atoms with Crippen LogP contribution >= 0.6 is 11.3 Å². The Morgan fingerprint density at radius 2 is 2.12 bits per heavy atom. The second-order valence-electron chi connectivity index (χ2n) is 6.12. The van der Waals surface area contributed by atoms with Crippen molar-refractivity contribution in [3.63, 3.8) is 0 Å². The zero-order chi connectivity index (χ0) is 17.2. The summed E-state index contributed by atoms with van der Waals surface area (Å²) < 4.78 is 1.63. The molecule has 0 aromatic carbocycles. The van der Waals surface area contributed by atoms with Crippen LogP contribution in [0.4, 0.5) is 0 Å². The van der Waals surface area contributed by atoms with Crippen molar-refractivity contribution in [3.8, 4) is 0 Å². The SMILES string of the molecule is O=C(N[C@H]1CCCN(C(=O)c2cccs2)C1)c1cccc2ccnn12. The van der Waals surface area contributed by atoms with Gasteiger partial charge in [0.25, 0.3) is 11.8 Å². The lowest BCUT2D eigenvalue weighted by molar-refractivity contribution is 0.0679. The van der Waals surface area contributed by atoms with Crippen molar-refractivity contribution < 1.29 is 9.59 Å². The topological polar surface area (TPSA) is 66.7 Å². The maximum absolute atomic E-state index is 12.7. The number of likely N-dealkylation sites (tertiary alicyclic amines) is 1. The zero-order valence-electron chi connectivity index (χ0n) is 13.6. The molecule has 1 aliphatic heterocycles. The Labute approximate surface area is 149 Å². The summed E-state index contributed by atoms with van der Waals surface area (Å²) in [5, 5.41) is 9.16. The lowest BCUT2D eigenvalue weighted by atomic mass is 10.1. The number of nitrogens with zero attached hydrogens (tertiary/aromatic N) is 3. The summed E-state index contributed by atoms with van der Waals surface area (Å²) in [6, 6.07) is 11.0. The molecular weight excluding hydrogens is 336 g/mol. The highest BCUT2D eigenvalue weighted by molar-refractivity contribution is 7.12. The normalized spacial score (nSPS) is 17.6. The van der Waals surface area contributed by atoms with Crippen molar-refractivity contribution in [2.75, 3.05) is 13.1 Å². The number of pyridine rings is 1. The van der Waals surface area contributed by atoms with Crippen molar-refractivity contribution in [1.29, 1.82) is 0 Å². The first-order chi connectivity index (χ1) is 12.2. The van der Waals surface area contributed by atoms with E-state index in [2.05, 4.69) is 10.4 Å². The van der Waals surface area contributed by atoms with Gasteiger partial charge in [-0.1, -0.05) is 12.1 Å². The van der Waals surface area contributed by atoms with Gasteiger partial charge in [-0.15, -0.1) is 11.3 Å². The Morgan fingerprint density at radius 3 is 2.96 bits per heavy atom. The van der Waals surface area contributed by atoms with Gasteiger partial charge in [-0.25, -0.2) is 4.52 Å². The molecule has 2 amide bonds. The fourth-order valence-corrected chi connectivity index (χ4v) is 3.91. The number of carbonyl (C=O) groups is 2. The van der Waals surface area contributed by atoms with Crippen LogP contribution in [0.5, 0.6) is 0 Å². The van der Waals surface area contributed by atoms with Gasteiger partial charge in [0.05, 0.1) is 16.6 Å². The number of hydrogen-bond acceptors (Lipinski definition) is 4. The number of hydrogen-bond donors (Lipinski definition) is 1. The molecule has 1 N–H and O–H groups in total. The van der Waals surface area contributed by atoms with Crippen LogP contribution in [0.2, 0.25) is 0 Å². The predicted molar refractivity (Wildman–Crippen MR) is 95.9 cm³/mol. The molecule has 4 rings (SSSR count). The number of thiophene rings is 1. The molecule has 0 unspecified atom stereocenters. The summed E-state index contributed by atoms with van der Waals surface area (Å²) in [6.07, 6.45) is 3.43. The number of nitrogens with one attached hydrogen (secondary N) is 1. The molecule has 4 heterocycles. The van der Waals surface area contributed by atoms with Crippen molar-refractivity contribution in [3.05, 3.63) is 58.5 Å². The van der Waals surface area contributed by atoms with Crippen LogP contribution in [0.25, 0.3) is 5.52 Å². The van der Waals surface area contributed by atoms with E-state index in [-0.39, 0.29) is 17.9 Å². The van der Waals surface area contributed by atoms with Gasteiger partial charge in [0, 0.05) is 19.1 Å². The summed E-state index contributed by atoms with van der Waals surface area (Å²) >= 11 is 1.45. The van der Waals surface area contributed by atoms with Crippen LogP contribution in [0.3, 0.4) is 0 Å². The molecule has 0 saturated carbocycles. The molecule has 0 aliphatic carbocycles. The number of carbonyl (C=O) groups excluding carboxylic acids is 2. The third-order valence-electron chi connectivity index (χ3n) is 4.43. The van der Waals surface area contributed by atoms with E-state index >= 15 is 0 Å². The van der Waals surface area contributed by atoms with Crippen molar-refractivity contribution in [2.45, 2.75) is 18.9 Å². The second-order valence-corrected chi connectivity index (χ2v) is 7.07. The molecule has 1 fully saturated rings. The molecule has 0 spiro atoms. The molecular formula is C18H18N4O2S. The lowest BCUT2D eigenvalue weighted by Gasteiger charge is -2.33. The van der Waals surface area contributed by atoms with E-state index in [9.17, 15) is 9.59 Å². The molecule has 3 aromatic heterocycles. The molecule has 6 nitrogen and oxygen atoms in total. The summed E-state index contributed by atoms with van der Waals surface area (Å²) in [5.41, 5.74) is 1.38. The first-order valence-electron chi connectivity index (χ1n) is 8.29. The van der Waals surface area contributed by atoms with Crippen molar-refractivity contribution >= 4 is 28.7 Å². The van der Waals surface area contributed by atoms with E-state index < -0.39 is 0 Å². The predicted octanol–water partition coefficient (Wildman–Crippen LogP) is 2.43. The van der Waals surface area contributed by atoms with Crippen molar-refractivity contribution in [1.82, 2.24) is 19.8 Å². The van der Waals surface area contributed by atoms with Crippen LogP contribution in [0.15, 0.2) is 48.0 Å². The molecule has 3 aromatic rings. The van der Waals surface area contributed by atoms with E-state index in [1.807, 2.05) is 40.6 Å². The van der Waals surface area contributed by atoms with Gasteiger partial charge in [-0.3, -0.25) is 9.59 Å². The average molecular weight is 354 g/mol. The van der Waals surface area contributed by atoms with Crippen LogP contribution in [-0.2, 0) is 0 Å². The second kappa shape index (κ2) is 6.68. The minimum absolute atomic E-state index is 0.0446. The number of aromatic nitrogens is 2. The Kier molecular flexibility index (Phi) is 4.23. The van der Waals surface area contributed by atoms with Gasteiger partial charge in [0.15, 0.2) is 0 Å². The maximum Gasteiger partial charge on any atom is 0.270 e. The molecule has 0 bridgehead atoms. The van der Waals surface area contributed by atoms with E-state index in [1.54, 1.807) is 16.8 Å². The van der Waals surface area contributed by atoms with Gasteiger partial charge in [-0.2, -0.15) is 5.10 Å². The molecule has 0 radical (unpaired) electrons. The molecule has 1 atom stereocenters. The number of amides is 2. The van der Waals surface area contributed by atoms with E-state index in [4.69, 9.17) is 0 Å². The van der Waals surface area contributed by atoms with Crippen LogP contribution in [0, 0.1) is 0 Å². The lowest BCUT2D eigenvalue weighted by Crippen LogP contribution is -2.49. The zero-order valence-corrected chi connectivity index (χ0v) is 14.4. The maximum atomic E-state index is 12.7. The number of piperidine rings is 1. The van der Waals surface area contributed by atoms with Crippen LogP contribution in [-0.4, -0.2) is 45.5 Å². The Hall–Kier alpha value is -2.67. The van der Waals surface area contributed by atoms with Gasteiger partial charge < -0.3 is 10.2 Å². The van der Waals surface area contributed by atoms with Crippen molar-refractivity contribution in [2.24, 2.45) is 0 Å². The van der Waals surface area contributed by atoms with Crippen LogP contribution < -0.4 is 5.32 Å². The first kappa shape index (κ1) is 15.8. The Morgan fingerprint density at radius 1 is 1.20 bits per heavy atom. The van der Waals surface area contributed by atoms with Crippen LogP contribution in [0.1, 0.15) is 33.0 Å². The minimum Gasteiger partial charge on any atom is -0.346 e. The number of fused-ring (bicyclic) bond motifs is 1. The fourth-order valence-electron chi connectivity index (χ4n) is 3.22. The average Bonchev–Trinajstić information content (AvgIpc) is 3.32. The third-order valence-corrected chi connectivity index (χ3v) is 5.29. The summed E-state index contributed by atoms with van der Waals surface area (Å²) in [5.74, 6) is -0.118. The summed E-state index contributed by atoms with van der Waals surface area (Å²) in [6.45, 7) is 1.27. The third kappa shape index (κ3) is 3.15. The van der Waals surface area contributed by atoms with E-state index in [1.165, 1.54) is 11.3 Å². The Bertz CT molecular complexity index is 903. The first-order valence-corrected chi connectivity index (χ1v) is 9.17. The molecule has 7 heteroatoms. The van der Waals surface area contributed by atoms with Gasteiger partial charge in [0.1, 0.15) is 5.69 Å². The van der Waals surface area contributed by atoms with E-state index in [0.29, 0.717) is 12.2 Å². The molecule has 1 aliphatic rings. The molecule has 25 heavy (non-hydrogen) atoms. The summed E-state index contributed by atoms with van der Waals surface area (Å²) in [4.78, 5) is 27.7. The highest BCUT2D eigenvalue weighted by Gasteiger charge is 2.26. The summed E-state index contributed by atoms with van der Waals surface area (Å²) in [7, 11) is 0. The monoisotopic (exact) mass is 354 g/mol. The standard InChI is InChI=1S/C18H18N4O2S/c23-17(15-6-1-5-14-8-9-19-22(14)15)20-13-4-2-10-21(12-13)18(24)16-7-3-11-25-16/h1,3,5-9,11,13H,2,4,10,12H2,(H,20,23)/t13-/m0/s1. The Balaban J connectivity index is 1.46.